The smallest absolute Gasteiger partial charge is 0.135 e. The van der Waals surface area contributed by atoms with Crippen LogP contribution in [0.25, 0.3) is 0 Å². The molecule has 0 aliphatic heterocycles. The molecule has 0 spiro atoms. The maximum Gasteiger partial charge on any atom is 0.135 e. The van der Waals surface area contributed by atoms with Crippen LogP contribution in [-0.2, 0) is 17.6 Å². The fourth-order valence-corrected chi connectivity index (χ4v) is 1.92. The molecule has 3 heteroatoms. The van der Waals surface area contributed by atoms with Gasteiger partial charge in [-0.05, 0) is 30.9 Å². The van der Waals surface area contributed by atoms with E-state index in [1.165, 1.54) is 18.4 Å². The Morgan fingerprint density at radius 2 is 2.29 bits per heavy atom. The van der Waals surface area contributed by atoms with Crippen molar-refractivity contribution in [3.63, 3.8) is 0 Å². The summed E-state index contributed by atoms with van der Waals surface area (Å²) in [5.41, 5.74) is 1.27. The number of hydrogen-bond donors (Lipinski definition) is 1. The molecule has 0 saturated carbocycles. The van der Waals surface area contributed by atoms with Crippen LogP contribution in [0.5, 0.6) is 0 Å². The molecule has 0 unspecified atom stereocenters. The Kier molecular flexibility index (Phi) is 2.89. The highest BCUT2D eigenvalue weighted by atomic mass is 16.5. The van der Waals surface area contributed by atoms with Gasteiger partial charge in [-0.1, -0.05) is 0 Å². The van der Waals surface area contributed by atoms with Crippen molar-refractivity contribution in [2.24, 2.45) is 0 Å². The van der Waals surface area contributed by atoms with Crippen molar-refractivity contribution < 1.29 is 14.3 Å². The molecule has 2 rings (SSSR count). The van der Waals surface area contributed by atoms with Crippen LogP contribution in [0.2, 0.25) is 0 Å². The molecule has 3 nitrogen and oxygen atoms in total. The number of aryl methyl sites for hydroxylation is 2. The SMILES string of the molecule is COC[C@@H](O)c1cc2c(o1)CCCC2. The molecule has 1 aliphatic carbocycles. The average molecular weight is 196 g/mol. The first-order valence-corrected chi connectivity index (χ1v) is 5.09. The molecule has 1 atom stereocenters. The van der Waals surface area contributed by atoms with Gasteiger partial charge in [-0.25, -0.2) is 0 Å². The van der Waals surface area contributed by atoms with Gasteiger partial charge in [-0.3, -0.25) is 0 Å². The maximum atomic E-state index is 9.65. The number of aliphatic hydroxyl groups is 1. The summed E-state index contributed by atoms with van der Waals surface area (Å²) >= 11 is 0. The standard InChI is InChI=1S/C11H16O3/c1-13-7-9(12)11-6-8-4-2-3-5-10(8)14-11/h6,9,12H,2-5,7H2,1H3/t9-/m1/s1. The molecule has 1 aromatic heterocycles. The summed E-state index contributed by atoms with van der Waals surface area (Å²) < 4.78 is 10.5. The van der Waals surface area contributed by atoms with Gasteiger partial charge in [0.1, 0.15) is 17.6 Å². The lowest BCUT2D eigenvalue weighted by atomic mass is 9.98. The second-order valence-electron chi connectivity index (χ2n) is 3.78. The van der Waals surface area contributed by atoms with Crippen molar-refractivity contribution in [3.05, 3.63) is 23.2 Å². The minimum absolute atomic E-state index is 0.298. The van der Waals surface area contributed by atoms with Crippen molar-refractivity contribution in [1.29, 1.82) is 0 Å². The minimum Gasteiger partial charge on any atom is -0.463 e. The Balaban J connectivity index is 2.15. The van der Waals surface area contributed by atoms with E-state index in [9.17, 15) is 5.11 Å². The molecule has 0 saturated heterocycles. The fourth-order valence-electron chi connectivity index (χ4n) is 1.92. The first-order chi connectivity index (χ1) is 6.81. The van der Waals surface area contributed by atoms with E-state index >= 15 is 0 Å². The Morgan fingerprint density at radius 1 is 1.50 bits per heavy atom. The summed E-state index contributed by atoms with van der Waals surface area (Å²) in [6.45, 7) is 0.298. The molecule has 0 bridgehead atoms. The Hall–Kier alpha value is -0.800. The first kappa shape index (κ1) is 9.74. The third kappa shape index (κ3) is 1.83. The van der Waals surface area contributed by atoms with E-state index < -0.39 is 6.10 Å². The van der Waals surface area contributed by atoms with E-state index in [2.05, 4.69) is 0 Å². The lowest BCUT2D eigenvalue weighted by molar-refractivity contribution is 0.0495. The molecular formula is C11H16O3. The number of aliphatic hydroxyl groups excluding tert-OH is 1. The van der Waals surface area contributed by atoms with Crippen molar-refractivity contribution in [1.82, 2.24) is 0 Å². The summed E-state index contributed by atoms with van der Waals surface area (Å²) in [6.07, 6.45) is 3.89. The number of rotatable bonds is 3. The van der Waals surface area contributed by atoms with E-state index in [1.807, 2.05) is 6.07 Å². The van der Waals surface area contributed by atoms with E-state index in [0.29, 0.717) is 12.4 Å². The van der Waals surface area contributed by atoms with Gasteiger partial charge in [0, 0.05) is 13.5 Å². The molecule has 0 aromatic carbocycles. The average Bonchev–Trinajstić information content (AvgIpc) is 2.61. The molecule has 14 heavy (non-hydrogen) atoms. The van der Waals surface area contributed by atoms with Crippen LogP contribution in [0.4, 0.5) is 0 Å². The highest BCUT2D eigenvalue weighted by Crippen LogP contribution is 2.27. The van der Waals surface area contributed by atoms with Crippen molar-refractivity contribution >= 4 is 0 Å². The van der Waals surface area contributed by atoms with E-state index in [4.69, 9.17) is 9.15 Å². The number of methoxy groups -OCH3 is 1. The summed E-state index contributed by atoms with van der Waals surface area (Å²) in [7, 11) is 1.58. The predicted octanol–water partition coefficient (Wildman–Crippen LogP) is 1.84. The number of ether oxygens (including phenoxy) is 1. The monoisotopic (exact) mass is 196 g/mol. The quantitative estimate of drug-likeness (QED) is 0.802. The highest BCUT2D eigenvalue weighted by Gasteiger charge is 2.19. The Bertz CT molecular complexity index is 280. The van der Waals surface area contributed by atoms with Gasteiger partial charge >= 0.3 is 0 Å². The Labute approximate surface area is 83.7 Å². The molecular weight excluding hydrogens is 180 g/mol. The van der Waals surface area contributed by atoms with Gasteiger partial charge in [-0.15, -0.1) is 0 Å². The van der Waals surface area contributed by atoms with Gasteiger partial charge in [-0.2, -0.15) is 0 Å². The zero-order valence-electron chi connectivity index (χ0n) is 8.45. The molecule has 0 amide bonds. The van der Waals surface area contributed by atoms with Gasteiger partial charge < -0.3 is 14.3 Å². The second kappa shape index (κ2) is 4.15. The summed E-state index contributed by atoms with van der Waals surface area (Å²) in [6, 6.07) is 1.97. The van der Waals surface area contributed by atoms with Gasteiger partial charge in [0.15, 0.2) is 0 Å². The zero-order valence-corrected chi connectivity index (χ0v) is 8.45. The largest absolute Gasteiger partial charge is 0.463 e. The third-order valence-electron chi connectivity index (χ3n) is 2.67. The van der Waals surface area contributed by atoms with Crippen LogP contribution >= 0.6 is 0 Å². The van der Waals surface area contributed by atoms with Crippen molar-refractivity contribution in [2.45, 2.75) is 31.8 Å². The van der Waals surface area contributed by atoms with E-state index in [1.54, 1.807) is 7.11 Å². The van der Waals surface area contributed by atoms with Gasteiger partial charge in [0.25, 0.3) is 0 Å². The van der Waals surface area contributed by atoms with Crippen LogP contribution in [0.3, 0.4) is 0 Å². The molecule has 78 valence electrons. The molecule has 0 radical (unpaired) electrons. The normalized spacial score (nSPS) is 17.9. The maximum absolute atomic E-state index is 9.65. The Morgan fingerprint density at radius 3 is 3.00 bits per heavy atom. The van der Waals surface area contributed by atoms with Crippen LogP contribution in [0.15, 0.2) is 10.5 Å². The molecule has 1 aromatic rings. The molecule has 1 heterocycles. The summed E-state index contributed by atoms with van der Waals surface area (Å²) in [5, 5.41) is 9.65. The van der Waals surface area contributed by atoms with Crippen molar-refractivity contribution in [3.8, 4) is 0 Å². The first-order valence-electron chi connectivity index (χ1n) is 5.09. The zero-order chi connectivity index (χ0) is 9.97. The summed E-state index contributed by atoms with van der Waals surface area (Å²) in [4.78, 5) is 0. The topological polar surface area (TPSA) is 42.6 Å². The fraction of sp³-hybridized carbons (Fsp3) is 0.636. The van der Waals surface area contributed by atoms with Crippen LogP contribution in [0, 0.1) is 0 Å². The highest BCUT2D eigenvalue weighted by molar-refractivity contribution is 5.25. The number of fused-ring (bicyclic) bond motifs is 1. The van der Waals surface area contributed by atoms with Crippen LogP contribution in [0.1, 0.15) is 36.0 Å². The van der Waals surface area contributed by atoms with Crippen LogP contribution in [-0.4, -0.2) is 18.8 Å². The molecule has 1 N–H and O–H groups in total. The second-order valence-corrected chi connectivity index (χ2v) is 3.78. The lowest BCUT2D eigenvalue weighted by Crippen LogP contribution is -2.03. The van der Waals surface area contributed by atoms with E-state index in [-0.39, 0.29) is 0 Å². The van der Waals surface area contributed by atoms with Crippen LogP contribution < -0.4 is 0 Å². The number of furan rings is 1. The lowest BCUT2D eigenvalue weighted by Gasteiger charge is -2.07. The predicted molar refractivity (Wildman–Crippen MR) is 52.2 cm³/mol. The van der Waals surface area contributed by atoms with Gasteiger partial charge in [0.2, 0.25) is 0 Å². The number of hydrogen-bond acceptors (Lipinski definition) is 3. The minimum atomic E-state index is -0.620. The molecule has 0 fully saturated rings. The van der Waals surface area contributed by atoms with Crippen molar-refractivity contribution in [2.75, 3.05) is 13.7 Å². The summed E-state index contributed by atoms with van der Waals surface area (Å²) in [5.74, 6) is 1.71. The third-order valence-corrected chi connectivity index (χ3v) is 2.67. The van der Waals surface area contributed by atoms with Gasteiger partial charge in [0.05, 0.1) is 6.61 Å². The molecule has 1 aliphatic rings. The van der Waals surface area contributed by atoms with E-state index in [0.717, 1.165) is 18.6 Å².